The highest BCUT2D eigenvalue weighted by atomic mass is 32.2. The van der Waals surface area contributed by atoms with Gasteiger partial charge in [-0.15, -0.1) is 0 Å². The average molecular weight is 831 g/mol. The van der Waals surface area contributed by atoms with Crippen molar-refractivity contribution in [3.05, 3.63) is 42.2 Å². The number of benzene rings is 1. The summed E-state index contributed by atoms with van der Waals surface area (Å²) >= 11 is 0. The minimum atomic E-state index is -4.49. The monoisotopic (exact) mass is 830 g/mol. The van der Waals surface area contributed by atoms with E-state index in [1.165, 1.54) is 37.3 Å². The zero-order chi connectivity index (χ0) is 42.4. The quantitative estimate of drug-likeness (QED) is 0.112. The smallest absolute Gasteiger partial charge is 0.338 e. The summed E-state index contributed by atoms with van der Waals surface area (Å²) in [6.07, 6.45) is -10.8. The summed E-state index contributed by atoms with van der Waals surface area (Å²) in [5.41, 5.74) is -2.73. The van der Waals surface area contributed by atoms with E-state index in [9.17, 15) is 47.1 Å². The maximum Gasteiger partial charge on any atom is 0.338 e. The van der Waals surface area contributed by atoms with Crippen molar-refractivity contribution in [3.8, 4) is 5.75 Å². The van der Waals surface area contributed by atoms with Crippen LogP contribution < -0.4 is 4.74 Å². The zero-order valence-corrected chi connectivity index (χ0v) is 32.5. The van der Waals surface area contributed by atoms with Gasteiger partial charge in [0.15, 0.2) is 18.3 Å². The third-order valence-electron chi connectivity index (χ3n) is 8.57. The van der Waals surface area contributed by atoms with Crippen LogP contribution in [0.25, 0.3) is 0 Å². The van der Waals surface area contributed by atoms with Gasteiger partial charge < -0.3 is 52.5 Å². The lowest BCUT2D eigenvalue weighted by Crippen LogP contribution is -2.64. The molecule has 11 unspecified atom stereocenters. The Kier molecular flexibility index (Phi) is 14.4. The lowest BCUT2D eigenvalue weighted by molar-refractivity contribution is -0.350. The molecule has 0 aromatic heterocycles. The number of carbonyl (C=O) groups excluding carboxylic acids is 7. The highest BCUT2D eigenvalue weighted by molar-refractivity contribution is 7.86. The van der Waals surface area contributed by atoms with Crippen LogP contribution in [0.2, 0.25) is 0 Å². The predicted molar refractivity (Wildman–Crippen MR) is 182 cm³/mol. The van der Waals surface area contributed by atoms with Gasteiger partial charge >= 0.3 is 41.8 Å². The highest BCUT2D eigenvalue weighted by Crippen LogP contribution is 2.50. The Bertz CT molecular complexity index is 1840. The Morgan fingerprint density at radius 1 is 0.719 bits per heavy atom. The summed E-state index contributed by atoms with van der Waals surface area (Å²) in [4.78, 5) is 85.7. The van der Waals surface area contributed by atoms with Crippen LogP contribution in [0.5, 0.6) is 5.75 Å². The van der Waals surface area contributed by atoms with Crippen LogP contribution in [-0.2, 0) is 85.7 Å². The number of ether oxygens (including phenoxy) is 10. The SMILES string of the molecule is CC(=O)OCC1OC(OC2OC=CC3C(OC(=O)c4ccc(OC(C)=O)cc4)C(OS(C)(=O)=O)C(O)(COC(C)=O)C23)C(OC(C)=O)C(OC(C)=O)C1OC(C)=O. The Morgan fingerprint density at radius 2 is 1.30 bits per heavy atom. The van der Waals surface area contributed by atoms with Gasteiger partial charge in [0.1, 0.15) is 42.9 Å². The number of fused-ring (bicyclic) bond motifs is 1. The zero-order valence-electron chi connectivity index (χ0n) is 31.7. The molecule has 2 fully saturated rings. The maximum atomic E-state index is 13.5. The molecule has 2 heterocycles. The maximum absolute atomic E-state index is 13.5. The van der Waals surface area contributed by atoms with E-state index in [2.05, 4.69) is 0 Å². The van der Waals surface area contributed by atoms with Crippen molar-refractivity contribution in [2.45, 2.75) is 96.3 Å². The van der Waals surface area contributed by atoms with Crippen LogP contribution in [0.4, 0.5) is 0 Å². The van der Waals surface area contributed by atoms with E-state index in [0.717, 1.165) is 40.9 Å². The molecule has 0 amide bonds. The van der Waals surface area contributed by atoms with Gasteiger partial charge in [0, 0.05) is 47.5 Å². The van der Waals surface area contributed by atoms with E-state index < -0.39 is 132 Å². The standard InChI is InChI=1S/C35H42O21S/c1-16(36)47-14-25-28(50-19(4)39)29(51-20(5)40)30(52-21(6)41)34(53-25)55-33-26-24(12-13-46-33)27(31(56-57(7,44)45)35(26,43)15-48-17(2)37)54-32(42)22-8-10-23(11-9-22)49-18(3)38/h8-13,24-31,33-34,43H,14-15H2,1-7H3. The predicted octanol–water partition coefficient (Wildman–Crippen LogP) is -0.00800. The molecule has 0 spiro atoms. The molecule has 22 heteroatoms. The van der Waals surface area contributed by atoms with Crippen molar-refractivity contribution in [2.75, 3.05) is 19.5 Å². The van der Waals surface area contributed by atoms with E-state index in [-0.39, 0.29) is 11.3 Å². The molecule has 21 nitrogen and oxygen atoms in total. The summed E-state index contributed by atoms with van der Waals surface area (Å²) in [6, 6.07) is 5.09. The van der Waals surface area contributed by atoms with Crippen LogP contribution in [0.1, 0.15) is 51.9 Å². The molecular weight excluding hydrogens is 788 g/mol. The fourth-order valence-corrected chi connectivity index (χ4v) is 7.24. The Morgan fingerprint density at radius 3 is 1.84 bits per heavy atom. The average Bonchev–Trinajstić information content (AvgIpc) is 3.31. The second kappa shape index (κ2) is 18.4. The molecule has 1 aromatic rings. The van der Waals surface area contributed by atoms with Gasteiger partial charge in [-0.25, -0.2) is 4.79 Å². The summed E-state index contributed by atoms with van der Waals surface area (Å²) < 4.78 is 86.0. The van der Waals surface area contributed by atoms with Crippen molar-refractivity contribution < 1.29 is 98.6 Å². The van der Waals surface area contributed by atoms with Crippen molar-refractivity contribution in [1.82, 2.24) is 0 Å². The van der Waals surface area contributed by atoms with Gasteiger partial charge in [-0.2, -0.15) is 8.42 Å². The Hall–Kier alpha value is -5.16. The summed E-state index contributed by atoms with van der Waals surface area (Å²) in [5.74, 6) is -8.90. The Balaban J connectivity index is 1.80. The molecule has 1 N–H and O–H groups in total. The minimum absolute atomic E-state index is 0.0997. The molecule has 4 rings (SSSR count). The van der Waals surface area contributed by atoms with Crippen LogP contribution >= 0.6 is 0 Å². The van der Waals surface area contributed by atoms with E-state index >= 15 is 0 Å². The molecule has 1 saturated heterocycles. The lowest BCUT2D eigenvalue weighted by Gasteiger charge is -2.46. The van der Waals surface area contributed by atoms with Gasteiger partial charge in [-0.3, -0.25) is 33.0 Å². The highest BCUT2D eigenvalue weighted by Gasteiger charge is 2.68. The van der Waals surface area contributed by atoms with Gasteiger partial charge in [0.2, 0.25) is 12.6 Å². The molecule has 11 atom stereocenters. The third kappa shape index (κ3) is 11.5. The first-order valence-electron chi connectivity index (χ1n) is 17.1. The molecule has 314 valence electrons. The lowest BCUT2D eigenvalue weighted by atomic mass is 9.83. The van der Waals surface area contributed by atoms with Gasteiger partial charge in [-0.05, 0) is 30.3 Å². The van der Waals surface area contributed by atoms with Crippen LogP contribution in [0.15, 0.2) is 36.6 Å². The van der Waals surface area contributed by atoms with Crippen LogP contribution in [-0.4, -0.2) is 130 Å². The third-order valence-corrected chi connectivity index (χ3v) is 9.12. The number of hydrogen-bond acceptors (Lipinski definition) is 21. The largest absolute Gasteiger partial charge is 0.472 e. The van der Waals surface area contributed by atoms with E-state index in [1.807, 2.05) is 0 Å². The number of hydrogen-bond donors (Lipinski definition) is 1. The van der Waals surface area contributed by atoms with Crippen molar-refractivity contribution in [3.63, 3.8) is 0 Å². The van der Waals surface area contributed by atoms with Crippen LogP contribution in [0, 0.1) is 11.8 Å². The molecule has 1 aliphatic carbocycles. The second-order valence-electron chi connectivity index (χ2n) is 13.1. The molecule has 0 bridgehead atoms. The Labute approximate surface area is 325 Å². The summed E-state index contributed by atoms with van der Waals surface area (Å²) in [6.45, 7) is 4.68. The minimum Gasteiger partial charge on any atom is -0.472 e. The van der Waals surface area contributed by atoms with Crippen molar-refractivity contribution in [2.24, 2.45) is 11.8 Å². The van der Waals surface area contributed by atoms with Gasteiger partial charge in [0.05, 0.1) is 24.0 Å². The molecule has 2 aliphatic heterocycles. The second-order valence-corrected chi connectivity index (χ2v) is 14.7. The van der Waals surface area contributed by atoms with Gasteiger partial charge in [0.25, 0.3) is 10.1 Å². The number of aliphatic hydroxyl groups is 1. The first-order valence-corrected chi connectivity index (χ1v) is 18.9. The molecule has 1 aromatic carbocycles. The van der Waals surface area contributed by atoms with Crippen molar-refractivity contribution in [1.29, 1.82) is 0 Å². The van der Waals surface area contributed by atoms with E-state index in [4.69, 9.17) is 51.6 Å². The summed E-state index contributed by atoms with van der Waals surface area (Å²) in [7, 11) is -4.49. The molecule has 3 aliphatic rings. The van der Waals surface area contributed by atoms with Crippen LogP contribution in [0.3, 0.4) is 0 Å². The topological polar surface area (TPSA) is 275 Å². The number of esters is 7. The van der Waals surface area contributed by atoms with Gasteiger partial charge in [-0.1, -0.05) is 0 Å². The first kappa shape index (κ1) is 44.6. The van der Waals surface area contributed by atoms with Crippen molar-refractivity contribution >= 4 is 51.9 Å². The summed E-state index contributed by atoms with van der Waals surface area (Å²) in [5, 5.41) is 12.4. The molecule has 1 saturated carbocycles. The normalized spacial score (nSPS) is 30.4. The first-order chi connectivity index (χ1) is 26.6. The number of carbonyl (C=O) groups is 7. The van der Waals surface area contributed by atoms with E-state index in [1.54, 1.807) is 0 Å². The fourth-order valence-electron chi connectivity index (χ4n) is 6.58. The molecule has 0 radical (unpaired) electrons. The van der Waals surface area contributed by atoms with E-state index in [0.29, 0.717) is 6.26 Å². The molecule has 57 heavy (non-hydrogen) atoms. The molecular formula is C35H42O21S. The fraction of sp³-hybridized carbons (Fsp3) is 0.571. The number of rotatable bonds is 14.